The van der Waals surface area contributed by atoms with E-state index in [9.17, 15) is 14.4 Å². The molecule has 0 bridgehead atoms. The average Bonchev–Trinajstić information content (AvgIpc) is 2.88. The van der Waals surface area contributed by atoms with E-state index in [1.165, 1.54) is 0 Å². The van der Waals surface area contributed by atoms with Crippen molar-refractivity contribution in [2.24, 2.45) is 5.73 Å². The van der Waals surface area contributed by atoms with Crippen molar-refractivity contribution in [1.82, 2.24) is 5.32 Å². The normalized spacial score (nSPS) is 16.9. The molecule has 0 aromatic carbocycles. The van der Waals surface area contributed by atoms with Crippen LogP contribution in [0.5, 0.6) is 0 Å². The molecule has 1 rings (SSSR count). The second kappa shape index (κ2) is 4.71. The number of hydrogen-bond donors (Lipinski definition) is 2. The number of carbonyl (C=O) groups is 3. The largest absolute Gasteiger partial charge is 0.395 e. The van der Waals surface area contributed by atoms with E-state index >= 15 is 0 Å². The summed E-state index contributed by atoms with van der Waals surface area (Å²) < 4.78 is 4.00. The smallest absolute Gasteiger partial charge is 0.315 e. The van der Waals surface area contributed by atoms with Crippen LogP contribution in [0.3, 0.4) is 0 Å². The van der Waals surface area contributed by atoms with Crippen LogP contribution in [0.15, 0.2) is 0 Å². The molecule has 1 amide bonds. The van der Waals surface area contributed by atoms with Gasteiger partial charge in [-0.05, 0) is 12.8 Å². The first kappa shape index (κ1) is 10.6. The van der Waals surface area contributed by atoms with Gasteiger partial charge in [0.2, 0.25) is 5.91 Å². The summed E-state index contributed by atoms with van der Waals surface area (Å²) in [4.78, 5) is 31.7. The van der Waals surface area contributed by atoms with E-state index in [0.29, 0.717) is 0 Å². The zero-order chi connectivity index (χ0) is 10.6. The Morgan fingerprint density at radius 1 is 1.57 bits per heavy atom. The molecule has 6 heteroatoms. The van der Waals surface area contributed by atoms with Gasteiger partial charge in [-0.3, -0.25) is 14.4 Å². The molecule has 3 N–H and O–H groups in total. The van der Waals surface area contributed by atoms with Gasteiger partial charge in [0, 0.05) is 6.04 Å². The van der Waals surface area contributed by atoms with E-state index in [1.807, 2.05) is 0 Å². The maximum absolute atomic E-state index is 11.2. The van der Waals surface area contributed by atoms with Crippen molar-refractivity contribution in [3.05, 3.63) is 0 Å². The predicted octanol–water partition coefficient (Wildman–Crippen LogP) is -1.32. The molecule has 0 unspecified atom stereocenters. The van der Waals surface area contributed by atoms with Gasteiger partial charge in [0.1, 0.15) is 0 Å². The Morgan fingerprint density at radius 2 is 2.21 bits per heavy atom. The Labute approximate surface area is 80.8 Å². The number of nitrogens with two attached hydrogens (primary N) is 1. The van der Waals surface area contributed by atoms with Crippen LogP contribution in [0.1, 0.15) is 19.3 Å². The Kier molecular flexibility index (Phi) is 3.58. The van der Waals surface area contributed by atoms with Gasteiger partial charge in [-0.25, -0.2) is 0 Å². The first-order valence-corrected chi connectivity index (χ1v) is 4.32. The van der Waals surface area contributed by atoms with E-state index in [2.05, 4.69) is 10.1 Å². The zero-order valence-corrected chi connectivity index (χ0v) is 7.56. The molecule has 0 spiro atoms. The van der Waals surface area contributed by atoms with E-state index in [4.69, 9.17) is 5.73 Å². The number of esters is 1. The summed E-state index contributed by atoms with van der Waals surface area (Å²) in [5.41, 5.74) is 5.40. The van der Waals surface area contributed by atoms with Crippen molar-refractivity contribution >= 4 is 18.3 Å². The number of nitrogens with one attached hydrogen (secondary N) is 1. The van der Waals surface area contributed by atoms with Crippen LogP contribution >= 0.6 is 0 Å². The number of carbonyl (C=O) groups excluding carboxylic acids is 3. The monoisotopic (exact) mass is 200 g/mol. The number of ether oxygens (including phenoxy) is 1. The highest BCUT2D eigenvalue weighted by atomic mass is 16.6. The van der Waals surface area contributed by atoms with E-state index in [1.54, 1.807) is 0 Å². The predicted molar refractivity (Wildman–Crippen MR) is 45.9 cm³/mol. The lowest BCUT2D eigenvalue weighted by Gasteiger charge is -2.09. The van der Waals surface area contributed by atoms with Crippen LogP contribution in [0.4, 0.5) is 0 Å². The lowest BCUT2D eigenvalue weighted by molar-refractivity contribution is -0.152. The summed E-state index contributed by atoms with van der Waals surface area (Å²) in [6.07, 6.45) is 1.63. The zero-order valence-electron chi connectivity index (χ0n) is 7.56. The summed E-state index contributed by atoms with van der Waals surface area (Å²) >= 11 is 0. The Bertz CT molecular complexity index is 250. The fourth-order valence-corrected chi connectivity index (χ4v) is 0.910. The molecular weight excluding hydrogens is 188 g/mol. The molecular formula is C8H12N2O4. The topological polar surface area (TPSA) is 98.5 Å². The van der Waals surface area contributed by atoms with Crippen LogP contribution in [0, 0.1) is 0 Å². The number of rotatable bonds is 5. The molecule has 1 saturated carbocycles. The van der Waals surface area contributed by atoms with Gasteiger partial charge in [-0.2, -0.15) is 0 Å². The lowest BCUT2D eigenvalue weighted by Crippen LogP contribution is -2.43. The summed E-state index contributed by atoms with van der Waals surface area (Å²) in [5.74, 6) is -1.17. The first-order chi connectivity index (χ1) is 6.63. The minimum atomic E-state index is -0.942. The van der Waals surface area contributed by atoms with Crippen LogP contribution in [-0.2, 0) is 19.1 Å². The number of amides is 1. The van der Waals surface area contributed by atoms with Crippen molar-refractivity contribution in [2.45, 2.75) is 31.3 Å². The van der Waals surface area contributed by atoms with E-state index < -0.39 is 12.0 Å². The molecule has 0 heterocycles. The van der Waals surface area contributed by atoms with E-state index in [0.717, 1.165) is 12.8 Å². The third kappa shape index (κ3) is 3.53. The van der Waals surface area contributed by atoms with Crippen molar-refractivity contribution < 1.29 is 19.1 Å². The molecule has 0 radical (unpaired) electrons. The van der Waals surface area contributed by atoms with Crippen molar-refractivity contribution in [3.63, 3.8) is 0 Å². The molecule has 0 aromatic heterocycles. The maximum Gasteiger partial charge on any atom is 0.315 e. The SMILES string of the molecule is N[C@@H](CC(=O)OC=O)C(=O)NC1CC1. The lowest BCUT2D eigenvalue weighted by atomic mass is 10.2. The molecule has 1 fully saturated rings. The molecule has 78 valence electrons. The third-order valence-electron chi connectivity index (χ3n) is 1.83. The fraction of sp³-hybridized carbons (Fsp3) is 0.625. The fourth-order valence-electron chi connectivity index (χ4n) is 0.910. The summed E-state index contributed by atoms with van der Waals surface area (Å²) in [5, 5.41) is 2.64. The molecule has 1 aliphatic rings. The van der Waals surface area contributed by atoms with Crippen molar-refractivity contribution in [2.75, 3.05) is 0 Å². The highest BCUT2D eigenvalue weighted by Gasteiger charge is 2.27. The van der Waals surface area contributed by atoms with Gasteiger partial charge in [0.25, 0.3) is 0 Å². The van der Waals surface area contributed by atoms with Crippen LogP contribution in [0.25, 0.3) is 0 Å². The quantitative estimate of drug-likeness (QED) is 0.326. The highest BCUT2D eigenvalue weighted by molar-refractivity contribution is 5.88. The van der Waals surface area contributed by atoms with Gasteiger partial charge in [-0.1, -0.05) is 0 Å². The molecule has 0 aliphatic heterocycles. The van der Waals surface area contributed by atoms with E-state index in [-0.39, 0.29) is 24.8 Å². The Balaban J connectivity index is 2.24. The minimum Gasteiger partial charge on any atom is -0.395 e. The third-order valence-corrected chi connectivity index (χ3v) is 1.83. The van der Waals surface area contributed by atoms with Gasteiger partial charge < -0.3 is 15.8 Å². The van der Waals surface area contributed by atoms with Crippen LogP contribution in [0.2, 0.25) is 0 Å². The van der Waals surface area contributed by atoms with Gasteiger partial charge in [0.15, 0.2) is 0 Å². The van der Waals surface area contributed by atoms with Crippen molar-refractivity contribution in [3.8, 4) is 0 Å². The van der Waals surface area contributed by atoms with Gasteiger partial charge in [-0.15, -0.1) is 0 Å². The van der Waals surface area contributed by atoms with Crippen LogP contribution < -0.4 is 11.1 Å². The van der Waals surface area contributed by atoms with Crippen LogP contribution in [-0.4, -0.2) is 30.4 Å². The van der Waals surface area contributed by atoms with Crippen molar-refractivity contribution in [1.29, 1.82) is 0 Å². The molecule has 1 aliphatic carbocycles. The Hall–Kier alpha value is -1.43. The average molecular weight is 200 g/mol. The molecule has 0 saturated heterocycles. The number of hydrogen-bond acceptors (Lipinski definition) is 5. The minimum absolute atomic E-state index is 0.0217. The second-order valence-electron chi connectivity index (χ2n) is 3.18. The molecule has 14 heavy (non-hydrogen) atoms. The summed E-state index contributed by atoms with van der Waals surface area (Å²) in [6.45, 7) is 0.0217. The second-order valence-corrected chi connectivity index (χ2v) is 3.18. The van der Waals surface area contributed by atoms with Gasteiger partial charge >= 0.3 is 12.4 Å². The standard InChI is InChI=1S/C8H12N2O4/c9-6(3-7(12)14-4-11)8(13)10-5-1-2-5/h4-6H,1-3,9H2,(H,10,13)/t6-/m0/s1. The first-order valence-electron chi connectivity index (χ1n) is 4.32. The molecule has 1 atom stereocenters. The summed E-state index contributed by atoms with van der Waals surface area (Å²) in [6, 6.07) is -0.737. The molecule has 6 nitrogen and oxygen atoms in total. The maximum atomic E-state index is 11.2. The van der Waals surface area contributed by atoms with Gasteiger partial charge in [0.05, 0.1) is 12.5 Å². The molecule has 0 aromatic rings. The Morgan fingerprint density at radius 3 is 2.71 bits per heavy atom. The summed E-state index contributed by atoms with van der Waals surface area (Å²) in [7, 11) is 0. The highest BCUT2D eigenvalue weighted by Crippen LogP contribution is 2.18.